The van der Waals surface area contributed by atoms with Crippen LogP contribution in [0.3, 0.4) is 0 Å². The van der Waals surface area contributed by atoms with E-state index in [0.717, 1.165) is 17.7 Å². The number of nitrogens with zero attached hydrogens (tertiary/aromatic N) is 1. The fourth-order valence-corrected chi connectivity index (χ4v) is 3.52. The van der Waals surface area contributed by atoms with Crippen LogP contribution in [0, 0.1) is 0 Å². The molecule has 11 nitrogen and oxygen atoms in total. The van der Waals surface area contributed by atoms with Crippen molar-refractivity contribution in [1.29, 1.82) is 0 Å². The zero-order valence-corrected chi connectivity index (χ0v) is 19.8. The van der Waals surface area contributed by atoms with Gasteiger partial charge in [-0.05, 0) is 49.6 Å². The number of amides is 1. The van der Waals surface area contributed by atoms with Gasteiger partial charge in [-0.25, -0.2) is 0 Å². The highest BCUT2D eigenvalue weighted by atomic mass is 16.6. The van der Waals surface area contributed by atoms with Crippen molar-refractivity contribution >= 4 is 28.9 Å². The van der Waals surface area contributed by atoms with Gasteiger partial charge < -0.3 is 30.8 Å². The Morgan fingerprint density at radius 2 is 1.89 bits per heavy atom. The number of H-pyrrole nitrogens is 2. The molecule has 0 unspecified atom stereocenters. The Bertz CT molecular complexity index is 1170. The molecule has 0 saturated heterocycles. The number of ether oxygens (including phenoxy) is 2. The summed E-state index contributed by atoms with van der Waals surface area (Å²) in [5.41, 5.74) is 8.21. The van der Waals surface area contributed by atoms with Gasteiger partial charge in [-0.1, -0.05) is 12.1 Å². The van der Waals surface area contributed by atoms with Gasteiger partial charge in [-0.2, -0.15) is 4.98 Å². The van der Waals surface area contributed by atoms with E-state index >= 15 is 0 Å². The molecular weight excluding hydrogens is 452 g/mol. The van der Waals surface area contributed by atoms with E-state index in [9.17, 15) is 14.4 Å². The maximum Gasteiger partial charge on any atom is 0.305 e. The van der Waals surface area contributed by atoms with E-state index < -0.39 is 0 Å². The van der Waals surface area contributed by atoms with Crippen molar-refractivity contribution in [2.45, 2.75) is 25.7 Å². The lowest BCUT2D eigenvalue weighted by atomic mass is 10.0. The van der Waals surface area contributed by atoms with Crippen molar-refractivity contribution in [2.24, 2.45) is 0 Å². The predicted molar refractivity (Wildman–Crippen MR) is 132 cm³/mol. The standard InChI is InChI=1S/C24H32N6O5/c1-26-11-12-34-13-14-35-19(31)3-2-10-27-22(32)17-7-4-16(5-8-17)6-9-18-15-28-21-20(18)23(33)30-24(25)29-21/h4-5,7-8,15,26H,2-3,6,9-14H2,1H3,(H,27,32)(H4,25,28,29,30,33). The van der Waals surface area contributed by atoms with Crippen LogP contribution in [0.2, 0.25) is 0 Å². The molecule has 0 fully saturated rings. The molecule has 11 heteroatoms. The quantitative estimate of drug-likeness (QED) is 0.166. The second-order valence-electron chi connectivity index (χ2n) is 7.98. The fraction of sp³-hybridized carbons (Fsp3) is 0.417. The molecule has 3 aromatic rings. The number of rotatable bonds is 14. The Morgan fingerprint density at radius 1 is 1.09 bits per heavy atom. The zero-order valence-electron chi connectivity index (χ0n) is 19.8. The molecule has 0 saturated carbocycles. The number of hydrogen-bond acceptors (Lipinski definition) is 8. The van der Waals surface area contributed by atoms with Crippen molar-refractivity contribution in [3.63, 3.8) is 0 Å². The summed E-state index contributed by atoms with van der Waals surface area (Å²) in [5.74, 6) is -0.432. The molecule has 2 aromatic heterocycles. The number of carbonyl (C=O) groups excluding carboxylic acids is 2. The lowest BCUT2D eigenvalue weighted by Gasteiger charge is -2.08. The SMILES string of the molecule is CNCCOCCOC(=O)CCCNC(=O)c1ccc(CCc2c[nH]c3nc(N)[nH]c(=O)c23)cc1. The van der Waals surface area contributed by atoms with E-state index in [0.29, 0.717) is 55.6 Å². The van der Waals surface area contributed by atoms with Crippen molar-refractivity contribution in [2.75, 3.05) is 45.7 Å². The van der Waals surface area contributed by atoms with Gasteiger partial charge in [0.15, 0.2) is 0 Å². The van der Waals surface area contributed by atoms with E-state index in [4.69, 9.17) is 15.2 Å². The number of fused-ring (bicyclic) bond motifs is 1. The van der Waals surface area contributed by atoms with Gasteiger partial charge in [-0.15, -0.1) is 0 Å². The highest BCUT2D eigenvalue weighted by molar-refractivity contribution is 5.94. The Kier molecular flexibility index (Phi) is 9.81. The molecule has 0 aliphatic carbocycles. The number of nitrogen functional groups attached to an aromatic ring is 1. The normalized spacial score (nSPS) is 11.0. The summed E-state index contributed by atoms with van der Waals surface area (Å²) in [5, 5.41) is 6.28. The maximum atomic E-state index is 12.3. The number of nitrogens with two attached hydrogens (primary N) is 1. The highest BCUT2D eigenvalue weighted by Gasteiger charge is 2.11. The first-order chi connectivity index (χ1) is 17.0. The van der Waals surface area contributed by atoms with E-state index in [-0.39, 0.29) is 36.4 Å². The molecule has 1 amide bonds. The third-order valence-corrected chi connectivity index (χ3v) is 5.37. The summed E-state index contributed by atoms with van der Waals surface area (Å²) in [6, 6.07) is 7.30. The van der Waals surface area contributed by atoms with Crippen molar-refractivity contribution in [1.82, 2.24) is 25.6 Å². The molecule has 3 rings (SSSR count). The number of benzene rings is 1. The second kappa shape index (κ2) is 13.3. The van der Waals surface area contributed by atoms with E-state index in [1.165, 1.54) is 0 Å². The van der Waals surface area contributed by atoms with Crippen LogP contribution in [0.1, 0.15) is 34.3 Å². The van der Waals surface area contributed by atoms with Crippen LogP contribution < -0.4 is 21.9 Å². The molecule has 2 heterocycles. The average Bonchev–Trinajstić information content (AvgIpc) is 3.26. The molecule has 0 bridgehead atoms. The van der Waals surface area contributed by atoms with Crippen LogP contribution in [-0.4, -0.2) is 66.8 Å². The van der Waals surface area contributed by atoms with Gasteiger partial charge in [0.25, 0.3) is 11.5 Å². The molecule has 0 atom stereocenters. The molecule has 0 radical (unpaired) electrons. The number of nitrogens with one attached hydrogen (secondary N) is 4. The lowest BCUT2D eigenvalue weighted by Crippen LogP contribution is -2.25. The topological polar surface area (TPSA) is 164 Å². The summed E-state index contributed by atoms with van der Waals surface area (Å²) in [4.78, 5) is 45.8. The maximum absolute atomic E-state index is 12.3. The zero-order chi connectivity index (χ0) is 25.0. The third kappa shape index (κ3) is 7.94. The largest absolute Gasteiger partial charge is 0.463 e. The molecule has 1 aromatic carbocycles. The summed E-state index contributed by atoms with van der Waals surface area (Å²) < 4.78 is 10.4. The number of aromatic amines is 2. The predicted octanol–water partition coefficient (Wildman–Crippen LogP) is 0.908. The van der Waals surface area contributed by atoms with E-state index in [1.54, 1.807) is 18.3 Å². The molecule has 188 valence electrons. The first-order valence-corrected chi connectivity index (χ1v) is 11.6. The first kappa shape index (κ1) is 25.9. The molecule has 6 N–H and O–H groups in total. The molecule has 35 heavy (non-hydrogen) atoms. The number of hydrogen-bond donors (Lipinski definition) is 5. The Labute approximate surface area is 202 Å². The summed E-state index contributed by atoms with van der Waals surface area (Å²) in [7, 11) is 1.84. The second-order valence-corrected chi connectivity index (χ2v) is 7.98. The summed E-state index contributed by atoms with van der Waals surface area (Å²) >= 11 is 0. The number of esters is 1. The number of aromatic nitrogens is 3. The number of carbonyl (C=O) groups is 2. The van der Waals surface area contributed by atoms with Crippen molar-refractivity contribution in [3.05, 3.63) is 57.5 Å². The smallest absolute Gasteiger partial charge is 0.305 e. The average molecular weight is 485 g/mol. The van der Waals surface area contributed by atoms with Gasteiger partial charge >= 0.3 is 5.97 Å². The lowest BCUT2D eigenvalue weighted by molar-refractivity contribution is -0.145. The van der Waals surface area contributed by atoms with Crippen LogP contribution in [0.25, 0.3) is 11.0 Å². The van der Waals surface area contributed by atoms with E-state index in [1.807, 2.05) is 19.2 Å². The summed E-state index contributed by atoms with van der Waals surface area (Å²) in [6.07, 6.45) is 3.82. The molecule has 0 spiro atoms. The Hall–Kier alpha value is -3.70. The minimum absolute atomic E-state index is 0.0751. The van der Waals surface area contributed by atoms with Crippen molar-refractivity contribution in [3.8, 4) is 0 Å². The van der Waals surface area contributed by atoms with Crippen LogP contribution in [0.15, 0.2) is 35.3 Å². The minimum atomic E-state index is -0.308. The van der Waals surface area contributed by atoms with Crippen LogP contribution in [-0.2, 0) is 27.1 Å². The van der Waals surface area contributed by atoms with Gasteiger partial charge in [0.2, 0.25) is 5.95 Å². The molecule has 0 aliphatic heterocycles. The number of likely N-dealkylation sites (N-methyl/N-ethyl adjacent to an activating group) is 1. The van der Waals surface area contributed by atoms with E-state index in [2.05, 4.69) is 25.6 Å². The molecule has 0 aliphatic rings. The first-order valence-electron chi connectivity index (χ1n) is 11.6. The highest BCUT2D eigenvalue weighted by Crippen LogP contribution is 2.16. The minimum Gasteiger partial charge on any atom is -0.463 e. The molecular formula is C24H32N6O5. The fourth-order valence-electron chi connectivity index (χ4n) is 3.52. The van der Waals surface area contributed by atoms with Crippen molar-refractivity contribution < 1.29 is 19.1 Å². The van der Waals surface area contributed by atoms with Crippen LogP contribution >= 0.6 is 0 Å². The number of anilines is 1. The van der Waals surface area contributed by atoms with Gasteiger partial charge in [0.1, 0.15) is 12.3 Å². The van der Waals surface area contributed by atoms with Gasteiger partial charge in [0, 0.05) is 31.3 Å². The van der Waals surface area contributed by atoms with Crippen LogP contribution in [0.5, 0.6) is 0 Å². The van der Waals surface area contributed by atoms with Crippen LogP contribution in [0.4, 0.5) is 5.95 Å². The Morgan fingerprint density at radius 3 is 2.66 bits per heavy atom. The monoisotopic (exact) mass is 484 g/mol. The third-order valence-electron chi connectivity index (χ3n) is 5.37. The summed E-state index contributed by atoms with van der Waals surface area (Å²) in [6.45, 7) is 2.29. The number of aryl methyl sites for hydroxylation is 2. The van der Waals surface area contributed by atoms with Gasteiger partial charge in [-0.3, -0.25) is 19.4 Å². The Balaban J connectivity index is 1.36. The van der Waals surface area contributed by atoms with Gasteiger partial charge in [0.05, 0.1) is 18.6 Å².